The van der Waals surface area contributed by atoms with E-state index in [-0.39, 0.29) is 24.5 Å². The van der Waals surface area contributed by atoms with Gasteiger partial charge in [-0.3, -0.25) is 9.69 Å². The van der Waals surface area contributed by atoms with Crippen LogP contribution in [0.25, 0.3) is 0 Å². The lowest BCUT2D eigenvalue weighted by molar-refractivity contribution is -0.131. The van der Waals surface area contributed by atoms with Gasteiger partial charge in [0.15, 0.2) is 0 Å². The summed E-state index contributed by atoms with van der Waals surface area (Å²) in [6, 6.07) is 23.5. The zero-order valence-corrected chi connectivity index (χ0v) is 21.0. The number of likely N-dealkylation sites (tertiary alicyclic amines) is 1. The summed E-state index contributed by atoms with van der Waals surface area (Å²) in [6.45, 7) is 2.07. The van der Waals surface area contributed by atoms with Gasteiger partial charge in [-0.25, -0.2) is 4.79 Å². The lowest BCUT2D eigenvalue weighted by atomic mass is 10.0. The molecule has 0 spiro atoms. The molecule has 2 unspecified atom stereocenters. The summed E-state index contributed by atoms with van der Waals surface area (Å²) in [4.78, 5) is 30.0. The minimum atomic E-state index is -0.402. The van der Waals surface area contributed by atoms with Crippen LogP contribution < -0.4 is 10.6 Å². The smallest absolute Gasteiger partial charge is 0.323 e. The molecule has 0 radical (unpaired) electrons. The van der Waals surface area contributed by atoms with Crippen molar-refractivity contribution in [3.8, 4) is 0 Å². The molecule has 1 heterocycles. The Balaban J connectivity index is 1.45. The highest BCUT2D eigenvalue weighted by Crippen LogP contribution is 2.25. The summed E-state index contributed by atoms with van der Waals surface area (Å²) in [5.41, 5.74) is 2.96. The lowest BCUT2D eigenvalue weighted by Gasteiger charge is -2.32. The molecular formula is C28H31ClN4O3. The molecule has 188 valence electrons. The minimum Gasteiger partial charge on any atom is -0.392 e. The summed E-state index contributed by atoms with van der Waals surface area (Å²) in [5.74, 6) is -0.0593. The van der Waals surface area contributed by atoms with Crippen molar-refractivity contribution in [2.24, 2.45) is 0 Å². The van der Waals surface area contributed by atoms with Crippen LogP contribution in [0.1, 0.15) is 23.6 Å². The summed E-state index contributed by atoms with van der Waals surface area (Å²) < 4.78 is 0. The molecule has 7 nitrogen and oxygen atoms in total. The number of carbonyl (C=O) groups excluding carboxylic acids is 2. The van der Waals surface area contributed by atoms with Gasteiger partial charge in [0.1, 0.15) is 0 Å². The van der Waals surface area contributed by atoms with Crippen LogP contribution in [0.2, 0.25) is 5.02 Å². The number of hydrogen-bond acceptors (Lipinski definition) is 4. The van der Waals surface area contributed by atoms with Crippen LogP contribution >= 0.6 is 11.6 Å². The molecule has 0 bridgehead atoms. The van der Waals surface area contributed by atoms with E-state index in [0.717, 1.165) is 24.1 Å². The van der Waals surface area contributed by atoms with Gasteiger partial charge in [-0.2, -0.15) is 0 Å². The quantitative estimate of drug-likeness (QED) is 0.410. The highest BCUT2D eigenvalue weighted by atomic mass is 35.5. The third kappa shape index (κ3) is 6.85. The standard InChI is InChI=1S/C28H31ClN4O3/c1-32(26(20-7-3-2-4-8-20)19-33-16-15-24(34)18-33)27(35)17-21-9-5-6-10-25(21)31-28(36)30-23-13-11-22(29)12-14-23/h2-14,24,26,34H,15-19H2,1H3,(H2,30,31,36). The number of benzene rings is 3. The van der Waals surface area contributed by atoms with Crippen molar-refractivity contribution < 1.29 is 14.7 Å². The third-order valence-electron chi connectivity index (χ3n) is 6.43. The van der Waals surface area contributed by atoms with Crippen LogP contribution in [0.15, 0.2) is 78.9 Å². The number of para-hydroxylation sites is 1. The van der Waals surface area contributed by atoms with E-state index in [1.165, 1.54) is 0 Å². The molecule has 0 saturated carbocycles. The number of nitrogens with one attached hydrogen (secondary N) is 2. The number of aliphatic hydroxyl groups is 1. The van der Waals surface area contributed by atoms with Gasteiger partial charge in [0.2, 0.25) is 5.91 Å². The van der Waals surface area contributed by atoms with E-state index in [9.17, 15) is 14.7 Å². The molecule has 8 heteroatoms. The Hall–Kier alpha value is -3.39. The first-order valence-corrected chi connectivity index (χ1v) is 12.4. The van der Waals surface area contributed by atoms with Crippen molar-refractivity contribution in [1.82, 2.24) is 9.80 Å². The molecule has 3 aromatic rings. The van der Waals surface area contributed by atoms with E-state index in [0.29, 0.717) is 29.5 Å². The topological polar surface area (TPSA) is 84.9 Å². The van der Waals surface area contributed by atoms with Crippen molar-refractivity contribution >= 4 is 34.9 Å². The number of amides is 3. The van der Waals surface area contributed by atoms with Gasteiger partial charge in [0.05, 0.1) is 18.6 Å². The second-order valence-electron chi connectivity index (χ2n) is 9.05. The van der Waals surface area contributed by atoms with E-state index in [1.807, 2.05) is 55.6 Å². The second kappa shape index (κ2) is 12.0. The zero-order chi connectivity index (χ0) is 25.5. The van der Waals surface area contributed by atoms with Crippen LogP contribution in [0.3, 0.4) is 0 Å². The summed E-state index contributed by atoms with van der Waals surface area (Å²) in [6.07, 6.45) is 0.565. The van der Waals surface area contributed by atoms with E-state index in [2.05, 4.69) is 15.5 Å². The largest absolute Gasteiger partial charge is 0.392 e. The first kappa shape index (κ1) is 25.7. The number of hydrogen-bond donors (Lipinski definition) is 3. The SMILES string of the molecule is CN(C(=O)Cc1ccccc1NC(=O)Nc1ccc(Cl)cc1)C(CN1CCC(O)C1)c1ccccc1. The van der Waals surface area contributed by atoms with Crippen LogP contribution in [-0.4, -0.2) is 59.6 Å². The molecule has 4 rings (SSSR count). The highest BCUT2D eigenvalue weighted by molar-refractivity contribution is 6.30. The van der Waals surface area contributed by atoms with Crippen molar-refractivity contribution in [3.63, 3.8) is 0 Å². The molecule has 1 fully saturated rings. The van der Waals surface area contributed by atoms with E-state index in [4.69, 9.17) is 11.6 Å². The Bertz CT molecular complexity index is 1170. The molecule has 3 N–H and O–H groups in total. The van der Waals surface area contributed by atoms with Gasteiger partial charge in [-0.05, 0) is 47.9 Å². The number of likely N-dealkylation sites (N-methyl/N-ethyl adjacent to an activating group) is 1. The van der Waals surface area contributed by atoms with Gasteiger partial charge in [-0.15, -0.1) is 0 Å². The second-order valence-corrected chi connectivity index (χ2v) is 9.49. The number of β-amino-alcohol motifs (C(OH)–C–C–N with tert-alkyl or cyclic N) is 1. The maximum Gasteiger partial charge on any atom is 0.323 e. The van der Waals surface area contributed by atoms with Crippen molar-refractivity contribution in [3.05, 3.63) is 95.0 Å². The third-order valence-corrected chi connectivity index (χ3v) is 6.69. The van der Waals surface area contributed by atoms with Gasteiger partial charge >= 0.3 is 6.03 Å². The normalized spacial score (nSPS) is 16.4. The molecular weight excluding hydrogens is 476 g/mol. The predicted octanol–water partition coefficient (Wildman–Crippen LogP) is 4.79. The first-order valence-electron chi connectivity index (χ1n) is 12.0. The van der Waals surface area contributed by atoms with Gasteiger partial charge in [0.25, 0.3) is 0 Å². The average molecular weight is 507 g/mol. The molecule has 1 saturated heterocycles. The van der Waals surface area contributed by atoms with Crippen molar-refractivity contribution in [1.29, 1.82) is 0 Å². The Morgan fingerprint density at radius 3 is 2.42 bits per heavy atom. The Morgan fingerprint density at radius 2 is 1.72 bits per heavy atom. The van der Waals surface area contributed by atoms with Gasteiger partial charge in [-0.1, -0.05) is 60.1 Å². The molecule has 2 atom stereocenters. The zero-order valence-electron chi connectivity index (χ0n) is 20.2. The number of nitrogens with zero attached hydrogens (tertiary/aromatic N) is 2. The minimum absolute atomic E-state index is 0.0593. The van der Waals surface area contributed by atoms with E-state index >= 15 is 0 Å². The van der Waals surface area contributed by atoms with Crippen LogP contribution in [0, 0.1) is 0 Å². The van der Waals surface area contributed by atoms with E-state index in [1.54, 1.807) is 35.2 Å². The molecule has 3 amide bonds. The number of aliphatic hydroxyl groups excluding tert-OH is 1. The lowest BCUT2D eigenvalue weighted by Crippen LogP contribution is -2.39. The monoisotopic (exact) mass is 506 g/mol. The van der Waals surface area contributed by atoms with Crippen molar-refractivity contribution in [2.75, 3.05) is 37.3 Å². The molecule has 1 aliphatic heterocycles. The van der Waals surface area contributed by atoms with E-state index < -0.39 is 6.03 Å². The molecule has 36 heavy (non-hydrogen) atoms. The van der Waals surface area contributed by atoms with Crippen LogP contribution in [-0.2, 0) is 11.2 Å². The number of halogens is 1. The summed E-state index contributed by atoms with van der Waals surface area (Å²) in [7, 11) is 1.82. The summed E-state index contributed by atoms with van der Waals surface area (Å²) in [5, 5.41) is 16.2. The fraction of sp³-hybridized carbons (Fsp3) is 0.286. The van der Waals surface area contributed by atoms with Gasteiger partial charge < -0.3 is 20.6 Å². The summed E-state index contributed by atoms with van der Waals surface area (Å²) >= 11 is 5.91. The predicted molar refractivity (Wildman–Crippen MR) is 143 cm³/mol. The number of anilines is 2. The average Bonchev–Trinajstić information content (AvgIpc) is 3.30. The van der Waals surface area contributed by atoms with Gasteiger partial charge in [0, 0.05) is 43.1 Å². The maximum absolute atomic E-state index is 13.4. The molecule has 1 aliphatic rings. The fourth-order valence-electron chi connectivity index (χ4n) is 4.43. The molecule has 0 aliphatic carbocycles. The number of urea groups is 1. The number of rotatable bonds is 8. The molecule has 3 aromatic carbocycles. The molecule has 0 aromatic heterocycles. The van der Waals surface area contributed by atoms with Crippen molar-refractivity contribution in [2.45, 2.75) is 25.0 Å². The Morgan fingerprint density at radius 1 is 1.03 bits per heavy atom. The van der Waals surface area contributed by atoms with Crippen LogP contribution in [0.4, 0.5) is 16.2 Å². The fourth-order valence-corrected chi connectivity index (χ4v) is 4.55. The van der Waals surface area contributed by atoms with Crippen LogP contribution in [0.5, 0.6) is 0 Å². The maximum atomic E-state index is 13.4. The first-order chi connectivity index (χ1) is 17.4. The highest BCUT2D eigenvalue weighted by Gasteiger charge is 2.28. The number of carbonyl (C=O) groups is 2. The Labute approximate surface area is 216 Å². The Kier molecular flexibility index (Phi) is 8.59.